The molecule has 1 nitrogen and oxygen atoms in total. The molecule has 0 aliphatic heterocycles. The average molecular weight is 275 g/mol. The minimum absolute atomic E-state index is 0.346. The number of hydrogen-bond acceptors (Lipinski definition) is 1. The Hall–Kier alpha value is -0.820. The van der Waals surface area contributed by atoms with Gasteiger partial charge >= 0.3 is 0 Å². The fraction of sp³-hybridized carbons (Fsp3) is 0.684. The van der Waals surface area contributed by atoms with Crippen molar-refractivity contribution in [2.24, 2.45) is 5.41 Å². The van der Waals surface area contributed by atoms with Gasteiger partial charge in [-0.2, -0.15) is 0 Å². The van der Waals surface area contributed by atoms with Crippen LogP contribution in [0.1, 0.15) is 77.1 Å². The zero-order valence-corrected chi connectivity index (χ0v) is 14.3. The van der Waals surface area contributed by atoms with Crippen molar-refractivity contribution in [2.45, 2.75) is 73.3 Å². The molecule has 1 N–H and O–H groups in total. The summed E-state index contributed by atoms with van der Waals surface area (Å²) >= 11 is 0. The second kappa shape index (κ2) is 7.83. The molecule has 0 aliphatic rings. The SMILES string of the molecule is CCCNC(CC(C)(C)C)c1cc(CC)ccc1CC. The predicted molar refractivity (Wildman–Crippen MR) is 90.3 cm³/mol. The van der Waals surface area contributed by atoms with Crippen molar-refractivity contribution >= 4 is 0 Å². The van der Waals surface area contributed by atoms with E-state index in [0.717, 1.165) is 19.4 Å². The fourth-order valence-corrected chi connectivity index (χ4v) is 2.73. The first-order valence-corrected chi connectivity index (χ1v) is 8.26. The van der Waals surface area contributed by atoms with Crippen LogP contribution in [-0.2, 0) is 12.8 Å². The minimum Gasteiger partial charge on any atom is -0.310 e. The maximum Gasteiger partial charge on any atom is 0.0328 e. The minimum atomic E-state index is 0.346. The van der Waals surface area contributed by atoms with Crippen LogP contribution in [0.2, 0.25) is 0 Å². The molecule has 0 fully saturated rings. The smallest absolute Gasteiger partial charge is 0.0328 e. The number of rotatable bonds is 7. The van der Waals surface area contributed by atoms with E-state index in [0.29, 0.717) is 11.5 Å². The largest absolute Gasteiger partial charge is 0.310 e. The highest BCUT2D eigenvalue weighted by atomic mass is 14.9. The van der Waals surface area contributed by atoms with Crippen molar-refractivity contribution in [1.29, 1.82) is 0 Å². The zero-order valence-electron chi connectivity index (χ0n) is 14.3. The van der Waals surface area contributed by atoms with E-state index < -0.39 is 0 Å². The van der Waals surface area contributed by atoms with E-state index in [-0.39, 0.29) is 0 Å². The molecular formula is C19H33N. The standard InChI is InChI=1S/C19H33N/c1-7-12-20-18(14-19(4,5)6)17-13-15(8-2)10-11-16(17)9-3/h10-11,13,18,20H,7-9,12,14H2,1-6H3. The second-order valence-corrected chi connectivity index (χ2v) is 7.01. The first-order valence-electron chi connectivity index (χ1n) is 8.26. The Morgan fingerprint density at radius 3 is 2.25 bits per heavy atom. The molecule has 0 saturated carbocycles. The van der Waals surface area contributed by atoms with Gasteiger partial charge in [-0.05, 0) is 54.3 Å². The first kappa shape index (κ1) is 17.2. The normalized spacial score (nSPS) is 13.5. The molecule has 1 aromatic carbocycles. The summed E-state index contributed by atoms with van der Waals surface area (Å²) in [5.41, 5.74) is 4.82. The summed E-state index contributed by atoms with van der Waals surface area (Å²) in [6.45, 7) is 14.8. The van der Waals surface area contributed by atoms with Crippen LogP contribution in [-0.4, -0.2) is 6.54 Å². The third-order valence-electron chi connectivity index (χ3n) is 3.83. The lowest BCUT2D eigenvalue weighted by Crippen LogP contribution is -2.27. The Kier molecular flexibility index (Phi) is 6.75. The van der Waals surface area contributed by atoms with Gasteiger partial charge in [-0.3, -0.25) is 0 Å². The van der Waals surface area contributed by atoms with Crippen LogP contribution in [0.4, 0.5) is 0 Å². The Morgan fingerprint density at radius 2 is 1.75 bits per heavy atom. The topological polar surface area (TPSA) is 12.0 Å². The van der Waals surface area contributed by atoms with E-state index in [9.17, 15) is 0 Å². The summed E-state index contributed by atoms with van der Waals surface area (Å²) in [4.78, 5) is 0. The number of aryl methyl sites for hydroxylation is 2. The highest BCUT2D eigenvalue weighted by Gasteiger charge is 2.21. The van der Waals surface area contributed by atoms with Crippen molar-refractivity contribution in [1.82, 2.24) is 5.32 Å². The van der Waals surface area contributed by atoms with Crippen molar-refractivity contribution < 1.29 is 0 Å². The Labute approximate surface area is 126 Å². The van der Waals surface area contributed by atoms with Gasteiger partial charge in [0.25, 0.3) is 0 Å². The van der Waals surface area contributed by atoms with Crippen molar-refractivity contribution in [3.05, 3.63) is 34.9 Å². The van der Waals surface area contributed by atoms with Crippen LogP contribution in [0.25, 0.3) is 0 Å². The van der Waals surface area contributed by atoms with E-state index in [1.807, 2.05) is 0 Å². The van der Waals surface area contributed by atoms with Crippen molar-refractivity contribution in [3.63, 3.8) is 0 Å². The van der Waals surface area contributed by atoms with Gasteiger partial charge in [0, 0.05) is 6.04 Å². The lowest BCUT2D eigenvalue weighted by molar-refractivity contribution is 0.311. The van der Waals surface area contributed by atoms with Crippen LogP contribution < -0.4 is 5.32 Å². The quantitative estimate of drug-likeness (QED) is 0.713. The molecule has 1 rings (SSSR count). The molecular weight excluding hydrogens is 242 g/mol. The summed E-state index contributed by atoms with van der Waals surface area (Å²) in [6, 6.07) is 7.53. The lowest BCUT2D eigenvalue weighted by Gasteiger charge is -2.29. The third kappa shape index (κ3) is 5.28. The molecule has 1 heteroatoms. The molecule has 0 spiro atoms. The van der Waals surface area contributed by atoms with Crippen LogP contribution >= 0.6 is 0 Å². The van der Waals surface area contributed by atoms with Gasteiger partial charge in [0.05, 0.1) is 0 Å². The van der Waals surface area contributed by atoms with E-state index in [1.54, 1.807) is 0 Å². The average Bonchev–Trinajstić information content (AvgIpc) is 2.41. The van der Waals surface area contributed by atoms with E-state index in [4.69, 9.17) is 0 Å². The molecule has 0 radical (unpaired) electrons. The first-order chi connectivity index (χ1) is 9.41. The second-order valence-electron chi connectivity index (χ2n) is 7.01. The van der Waals surface area contributed by atoms with Gasteiger partial charge in [0.1, 0.15) is 0 Å². The molecule has 1 aromatic rings. The molecule has 114 valence electrons. The fourth-order valence-electron chi connectivity index (χ4n) is 2.73. The summed E-state index contributed by atoms with van der Waals surface area (Å²) in [6.07, 6.45) is 4.61. The number of nitrogens with one attached hydrogen (secondary N) is 1. The molecule has 0 bridgehead atoms. The number of hydrogen-bond donors (Lipinski definition) is 1. The Balaban J connectivity index is 3.09. The van der Waals surface area contributed by atoms with Gasteiger partial charge < -0.3 is 5.32 Å². The Morgan fingerprint density at radius 1 is 1.05 bits per heavy atom. The van der Waals surface area contributed by atoms with Crippen molar-refractivity contribution in [2.75, 3.05) is 6.54 Å². The maximum atomic E-state index is 3.77. The van der Waals surface area contributed by atoms with Gasteiger partial charge in [-0.1, -0.05) is 59.7 Å². The highest BCUT2D eigenvalue weighted by molar-refractivity contribution is 5.35. The number of benzene rings is 1. The van der Waals surface area contributed by atoms with Crippen molar-refractivity contribution in [3.8, 4) is 0 Å². The molecule has 20 heavy (non-hydrogen) atoms. The molecule has 1 atom stereocenters. The highest BCUT2D eigenvalue weighted by Crippen LogP contribution is 2.32. The monoisotopic (exact) mass is 275 g/mol. The molecule has 0 saturated heterocycles. The van der Waals surface area contributed by atoms with E-state index in [1.165, 1.54) is 29.5 Å². The lowest BCUT2D eigenvalue weighted by atomic mass is 9.83. The Bertz CT molecular complexity index is 401. The molecule has 0 heterocycles. The summed E-state index contributed by atoms with van der Waals surface area (Å²) in [7, 11) is 0. The zero-order chi connectivity index (χ0) is 15.2. The molecule has 0 aliphatic carbocycles. The third-order valence-corrected chi connectivity index (χ3v) is 3.83. The summed E-state index contributed by atoms with van der Waals surface area (Å²) in [5, 5.41) is 3.77. The van der Waals surface area contributed by atoms with E-state index >= 15 is 0 Å². The maximum absolute atomic E-state index is 3.77. The molecule has 0 amide bonds. The van der Waals surface area contributed by atoms with Gasteiger partial charge in [0.15, 0.2) is 0 Å². The molecule has 0 aromatic heterocycles. The van der Waals surface area contributed by atoms with Crippen LogP contribution in [0.5, 0.6) is 0 Å². The van der Waals surface area contributed by atoms with Gasteiger partial charge in [-0.15, -0.1) is 0 Å². The van der Waals surface area contributed by atoms with Crippen LogP contribution in [0.15, 0.2) is 18.2 Å². The molecule has 1 unspecified atom stereocenters. The summed E-state index contributed by atoms with van der Waals surface area (Å²) in [5.74, 6) is 0. The van der Waals surface area contributed by atoms with Crippen LogP contribution in [0.3, 0.4) is 0 Å². The van der Waals surface area contributed by atoms with E-state index in [2.05, 4.69) is 65.1 Å². The van der Waals surface area contributed by atoms with Crippen LogP contribution in [0, 0.1) is 5.41 Å². The summed E-state index contributed by atoms with van der Waals surface area (Å²) < 4.78 is 0. The van der Waals surface area contributed by atoms with Gasteiger partial charge in [-0.25, -0.2) is 0 Å². The predicted octanol–water partition coefficient (Wildman–Crippen LogP) is 5.29. The van der Waals surface area contributed by atoms with Gasteiger partial charge in [0.2, 0.25) is 0 Å².